The van der Waals surface area contributed by atoms with Crippen LogP contribution in [0.1, 0.15) is 42.1 Å². The van der Waals surface area contributed by atoms with Gasteiger partial charge in [-0.2, -0.15) is 0 Å². The summed E-state index contributed by atoms with van der Waals surface area (Å²) in [5.74, 6) is 0. The average Bonchev–Trinajstić information content (AvgIpc) is 2.70. The molecule has 1 unspecified atom stereocenters. The number of aryl methyl sites for hydroxylation is 1. The van der Waals surface area contributed by atoms with Crippen LogP contribution < -0.4 is 5.32 Å². The molecule has 1 heterocycles. The van der Waals surface area contributed by atoms with Crippen molar-refractivity contribution < 1.29 is 4.74 Å². The van der Waals surface area contributed by atoms with Gasteiger partial charge in [0.15, 0.2) is 0 Å². The molecule has 16 heavy (non-hydrogen) atoms. The molecule has 0 amide bonds. The van der Waals surface area contributed by atoms with Gasteiger partial charge in [0.25, 0.3) is 0 Å². The van der Waals surface area contributed by atoms with Crippen molar-refractivity contribution in [2.24, 2.45) is 0 Å². The molecule has 0 bridgehead atoms. The van der Waals surface area contributed by atoms with Crippen LogP contribution in [0.25, 0.3) is 0 Å². The van der Waals surface area contributed by atoms with Crippen LogP contribution in [0.15, 0.2) is 6.20 Å². The number of nitrogens with zero attached hydrogens (tertiary/aromatic N) is 1. The number of ether oxygens (including phenoxy) is 1. The maximum absolute atomic E-state index is 5.01. The van der Waals surface area contributed by atoms with Crippen molar-refractivity contribution in [3.8, 4) is 0 Å². The Morgan fingerprint density at radius 1 is 1.44 bits per heavy atom. The van der Waals surface area contributed by atoms with E-state index in [0.29, 0.717) is 6.04 Å². The lowest BCUT2D eigenvalue weighted by molar-refractivity contribution is 0.192. The number of unbranched alkanes of at least 4 members (excludes halogenated alkanes) is 2. The number of hydrogen-bond donors (Lipinski definition) is 1. The van der Waals surface area contributed by atoms with Crippen molar-refractivity contribution in [3.05, 3.63) is 16.1 Å². The fraction of sp³-hybridized carbons (Fsp3) is 0.750. The van der Waals surface area contributed by atoms with Gasteiger partial charge in [-0.05, 0) is 39.7 Å². The third kappa shape index (κ3) is 5.05. The Bertz CT molecular complexity index is 288. The molecular weight excluding hydrogens is 220 g/mol. The molecule has 0 fully saturated rings. The summed E-state index contributed by atoms with van der Waals surface area (Å²) in [5.41, 5.74) is 0. The maximum atomic E-state index is 5.01. The van der Waals surface area contributed by atoms with Crippen molar-refractivity contribution in [2.45, 2.75) is 39.2 Å². The highest BCUT2D eigenvalue weighted by Gasteiger charge is 2.06. The molecule has 3 nitrogen and oxygen atoms in total. The first-order valence-electron chi connectivity index (χ1n) is 5.88. The molecule has 0 radical (unpaired) electrons. The summed E-state index contributed by atoms with van der Waals surface area (Å²) in [6, 6.07) is 0.425. The number of aromatic nitrogens is 1. The summed E-state index contributed by atoms with van der Waals surface area (Å²) in [4.78, 5) is 5.60. The van der Waals surface area contributed by atoms with Crippen LogP contribution in [0.4, 0.5) is 0 Å². The average molecular weight is 242 g/mol. The zero-order valence-electron chi connectivity index (χ0n) is 10.5. The summed E-state index contributed by atoms with van der Waals surface area (Å²) >= 11 is 1.77. The van der Waals surface area contributed by atoms with Gasteiger partial charge in [0.2, 0.25) is 0 Å². The Kier molecular flexibility index (Phi) is 6.61. The van der Waals surface area contributed by atoms with E-state index in [-0.39, 0.29) is 0 Å². The SMILES string of the molecule is COCCCCCNC(C)c1cnc(C)s1. The summed E-state index contributed by atoms with van der Waals surface area (Å²) in [5, 5.41) is 4.66. The van der Waals surface area contributed by atoms with E-state index in [2.05, 4.69) is 17.2 Å². The van der Waals surface area contributed by atoms with E-state index in [9.17, 15) is 0 Å². The van der Waals surface area contributed by atoms with Crippen LogP contribution in [-0.4, -0.2) is 25.2 Å². The summed E-state index contributed by atoms with van der Waals surface area (Å²) in [7, 11) is 1.76. The molecule has 1 aromatic rings. The van der Waals surface area contributed by atoms with Crippen molar-refractivity contribution in [1.29, 1.82) is 0 Å². The Balaban J connectivity index is 2.09. The van der Waals surface area contributed by atoms with E-state index < -0.39 is 0 Å². The molecule has 92 valence electrons. The number of methoxy groups -OCH3 is 1. The van der Waals surface area contributed by atoms with Crippen LogP contribution in [-0.2, 0) is 4.74 Å². The van der Waals surface area contributed by atoms with Crippen LogP contribution in [0.5, 0.6) is 0 Å². The van der Waals surface area contributed by atoms with Gasteiger partial charge in [-0.25, -0.2) is 4.98 Å². The van der Waals surface area contributed by atoms with Gasteiger partial charge < -0.3 is 10.1 Å². The van der Waals surface area contributed by atoms with Gasteiger partial charge >= 0.3 is 0 Å². The maximum Gasteiger partial charge on any atom is 0.0897 e. The molecule has 1 aromatic heterocycles. The minimum atomic E-state index is 0.425. The summed E-state index contributed by atoms with van der Waals surface area (Å²) in [6.45, 7) is 6.19. The van der Waals surface area contributed by atoms with E-state index in [1.165, 1.54) is 17.7 Å². The first-order chi connectivity index (χ1) is 7.74. The lowest BCUT2D eigenvalue weighted by Crippen LogP contribution is -2.19. The lowest BCUT2D eigenvalue weighted by Gasteiger charge is -2.11. The Hall–Kier alpha value is -0.450. The molecule has 1 rings (SSSR count). The van der Waals surface area contributed by atoms with Gasteiger partial charge in [-0.1, -0.05) is 0 Å². The quantitative estimate of drug-likeness (QED) is 0.712. The molecule has 0 spiro atoms. The Morgan fingerprint density at radius 2 is 2.25 bits per heavy atom. The fourth-order valence-electron chi connectivity index (χ4n) is 1.55. The van der Waals surface area contributed by atoms with Crippen molar-refractivity contribution in [3.63, 3.8) is 0 Å². The second-order valence-corrected chi connectivity index (χ2v) is 5.28. The van der Waals surface area contributed by atoms with Crippen LogP contribution in [0, 0.1) is 6.92 Å². The smallest absolute Gasteiger partial charge is 0.0897 e. The van der Waals surface area contributed by atoms with Crippen molar-refractivity contribution in [1.82, 2.24) is 10.3 Å². The number of hydrogen-bond acceptors (Lipinski definition) is 4. The zero-order valence-corrected chi connectivity index (χ0v) is 11.3. The highest BCUT2D eigenvalue weighted by Crippen LogP contribution is 2.19. The number of thiazole rings is 1. The summed E-state index contributed by atoms with van der Waals surface area (Å²) < 4.78 is 5.01. The van der Waals surface area contributed by atoms with Gasteiger partial charge in [-0.15, -0.1) is 11.3 Å². The second kappa shape index (κ2) is 7.76. The Labute approximate surface area is 102 Å². The molecule has 1 N–H and O–H groups in total. The summed E-state index contributed by atoms with van der Waals surface area (Å²) in [6.07, 6.45) is 5.58. The predicted molar refractivity (Wildman–Crippen MR) is 69.0 cm³/mol. The van der Waals surface area contributed by atoms with Crippen molar-refractivity contribution >= 4 is 11.3 Å². The van der Waals surface area contributed by atoms with Gasteiger partial charge in [0, 0.05) is 30.8 Å². The fourth-order valence-corrected chi connectivity index (χ4v) is 2.36. The molecule has 0 aromatic carbocycles. The van der Waals surface area contributed by atoms with Gasteiger partial charge in [0.1, 0.15) is 0 Å². The van der Waals surface area contributed by atoms with E-state index in [4.69, 9.17) is 4.74 Å². The highest BCUT2D eigenvalue weighted by atomic mass is 32.1. The van der Waals surface area contributed by atoms with Crippen molar-refractivity contribution in [2.75, 3.05) is 20.3 Å². The molecule has 0 aliphatic rings. The third-order valence-corrected chi connectivity index (χ3v) is 3.64. The molecule has 0 saturated carbocycles. The Morgan fingerprint density at radius 3 is 2.88 bits per heavy atom. The molecule has 1 atom stereocenters. The first-order valence-corrected chi connectivity index (χ1v) is 6.70. The van der Waals surface area contributed by atoms with Gasteiger partial charge in [0.05, 0.1) is 5.01 Å². The minimum absolute atomic E-state index is 0.425. The molecule has 0 aliphatic carbocycles. The molecule has 0 saturated heterocycles. The topological polar surface area (TPSA) is 34.1 Å². The lowest BCUT2D eigenvalue weighted by atomic mass is 10.2. The molecular formula is C12H22N2OS. The molecule has 0 aliphatic heterocycles. The first kappa shape index (κ1) is 13.6. The highest BCUT2D eigenvalue weighted by molar-refractivity contribution is 7.11. The standard InChI is InChI=1S/C12H22N2OS/c1-10(12-9-14-11(2)16-12)13-7-5-4-6-8-15-3/h9-10,13H,4-8H2,1-3H3. The monoisotopic (exact) mass is 242 g/mol. The van der Waals surface area contributed by atoms with E-state index >= 15 is 0 Å². The van der Waals surface area contributed by atoms with Crippen LogP contribution >= 0.6 is 11.3 Å². The second-order valence-electron chi connectivity index (χ2n) is 4.01. The van der Waals surface area contributed by atoms with Gasteiger partial charge in [-0.3, -0.25) is 0 Å². The van der Waals surface area contributed by atoms with Crippen LogP contribution in [0.3, 0.4) is 0 Å². The van der Waals surface area contributed by atoms with E-state index in [1.807, 2.05) is 13.1 Å². The minimum Gasteiger partial charge on any atom is -0.385 e. The number of nitrogens with one attached hydrogen (secondary N) is 1. The van der Waals surface area contributed by atoms with Crippen LogP contribution in [0.2, 0.25) is 0 Å². The van der Waals surface area contributed by atoms with E-state index in [0.717, 1.165) is 24.6 Å². The van der Waals surface area contributed by atoms with E-state index in [1.54, 1.807) is 18.4 Å². The third-order valence-electron chi connectivity index (χ3n) is 2.54. The largest absolute Gasteiger partial charge is 0.385 e. The predicted octanol–water partition coefficient (Wildman–Crippen LogP) is 2.92. The molecule has 4 heteroatoms. The normalized spacial score (nSPS) is 12.9. The zero-order chi connectivity index (χ0) is 11.8. The number of rotatable bonds is 8.